The average Bonchev–Trinajstić information content (AvgIpc) is 2.84. The van der Waals surface area contributed by atoms with Crippen molar-refractivity contribution in [2.75, 3.05) is 13.2 Å². The van der Waals surface area contributed by atoms with Gasteiger partial charge in [-0.15, -0.1) is 0 Å². The highest BCUT2D eigenvalue weighted by Crippen LogP contribution is 2.47. The van der Waals surface area contributed by atoms with Crippen LogP contribution in [-0.2, 0) is 32.7 Å². The largest absolute Gasteiger partial charge is 0.472 e. The first-order valence-corrected chi connectivity index (χ1v) is 13.8. The van der Waals surface area contributed by atoms with Gasteiger partial charge in [-0.1, -0.05) is 46.0 Å². The summed E-state index contributed by atoms with van der Waals surface area (Å²) in [7, 11) is -5.06. The number of aliphatic hydroxyl groups excluding tert-OH is 5. The zero-order valence-electron chi connectivity index (χ0n) is 20.8. The van der Waals surface area contributed by atoms with E-state index in [1.165, 1.54) is 0 Å². The summed E-state index contributed by atoms with van der Waals surface area (Å²) in [5.41, 5.74) is 0. The highest BCUT2D eigenvalue weighted by Gasteiger charge is 2.51. The quantitative estimate of drug-likeness (QED) is 0.0828. The van der Waals surface area contributed by atoms with Crippen LogP contribution >= 0.6 is 7.82 Å². The van der Waals surface area contributed by atoms with Crippen molar-refractivity contribution >= 4 is 19.8 Å². The van der Waals surface area contributed by atoms with Crippen LogP contribution in [0.15, 0.2) is 0 Å². The number of carbonyl (C=O) groups is 2. The molecule has 0 spiro atoms. The molecule has 1 aliphatic rings. The van der Waals surface area contributed by atoms with Gasteiger partial charge in [-0.05, 0) is 12.8 Å². The number of hydrogen-bond acceptors (Lipinski definition) is 12. The Balaban J connectivity index is 2.72. The van der Waals surface area contributed by atoms with Crippen molar-refractivity contribution in [3.63, 3.8) is 0 Å². The molecule has 1 aliphatic carbocycles. The summed E-state index contributed by atoms with van der Waals surface area (Å²) >= 11 is 0. The van der Waals surface area contributed by atoms with E-state index >= 15 is 0 Å². The number of ether oxygens (including phenoxy) is 2. The number of aliphatic hydroxyl groups is 5. The van der Waals surface area contributed by atoms with Crippen molar-refractivity contribution in [3.8, 4) is 0 Å². The van der Waals surface area contributed by atoms with E-state index in [0.29, 0.717) is 12.8 Å². The molecule has 1 fully saturated rings. The summed E-state index contributed by atoms with van der Waals surface area (Å²) in [5.74, 6) is -1.16. The Bertz CT molecular complexity index is 689. The molecule has 14 heteroatoms. The average molecular weight is 545 g/mol. The minimum absolute atomic E-state index is 0.0931. The van der Waals surface area contributed by atoms with E-state index in [4.69, 9.17) is 18.5 Å². The minimum Gasteiger partial charge on any atom is -0.462 e. The summed E-state index contributed by atoms with van der Waals surface area (Å²) in [6.45, 7) is 2.78. The predicted molar refractivity (Wildman–Crippen MR) is 124 cm³/mol. The molecular formula is C22H41O13P. The highest BCUT2D eigenvalue weighted by atomic mass is 31.2. The Morgan fingerprint density at radius 3 is 1.86 bits per heavy atom. The Morgan fingerprint density at radius 1 is 0.750 bits per heavy atom. The van der Waals surface area contributed by atoms with Crippen molar-refractivity contribution in [1.29, 1.82) is 0 Å². The second kappa shape index (κ2) is 16.6. The zero-order chi connectivity index (χ0) is 27.3. The monoisotopic (exact) mass is 544 g/mol. The molecule has 1 rings (SSSR count). The van der Waals surface area contributed by atoms with Gasteiger partial charge < -0.3 is 39.9 Å². The van der Waals surface area contributed by atoms with Crippen LogP contribution in [0.25, 0.3) is 0 Å². The first-order valence-electron chi connectivity index (χ1n) is 12.3. The van der Waals surface area contributed by atoms with Gasteiger partial charge in [-0.3, -0.25) is 18.6 Å². The third-order valence-corrected chi connectivity index (χ3v) is 6.68. The molecular weight excluding hydrogens is 503 g/mol. The summed E-state index contributed by atoms with van der Waals surface area (Å²) in [6, 6.07) is 0. The number of hydrogen-bond donors (Lipinski definition) is 6. The van der Waals surface area contributed by atoms with Crippen LogP contribution in [-0.4, -0.2) is 98.3 Å². The normalized spacial score (nSPS) is 28.8. The van der Waals surface area contributed by atoms with Crippen molar-refractivity contribution < 1.29 is 63.1 Å². The van der Waals surface area contributed by atoms with Crippen LogP contribution in [0, 0.1) is 0 Å². The molecule has 0 aromatic rings. The lowest BCUT2D eigenvalue weighted by Gasteiger charge is -2.41. The molecule has 0 aliphatic heterocycles. The molecule has 0 bridgehead atoms. The standard InChI is InChI=1S/C22H41O13P/c1-3-5-7-8-9-11-16(24)34-14(12-32-15(23)10-6-4-2)13-33-36(30,31)35-22-20(28)18(26)17(25)19(27)21(22)29/h14,17-22,25-29H,3-13H2,1-2H3,(H,30,31). The Hall–Kier alpha value is -1.15. The minimum atomic E-state index is -5.06. The van der Waals surface area contributed by atoms with E-state index in [1.54, 1.807) is 0 Å². The fourth-order valence-electron chi connectivity index (χ4n) is 3.50. The topological polar surface area (TPSA) is 210 Å². The number of unbranched alkanes of at least 4 members (excludes halogenated alkanes) is 5. The number of phosphoric acid groups is 1. The second-order valence-electron chi connectivity index (χ2n) is 8.85. The maximum atomic E-state index is 12.4. The molecule has 212 valence electrons. The van der Waals surface area contributed by atoms with E-state index in [0.717, 1.165) is 32.1 Å². The van der Waals surface area contributed by atoms with Crippen molar-refractivity contribution in [2.24, 2.45) is 0 Å². The SMILES string of the molecule is CCCCCCCC(=O)OC(COC(=O)CCCC)COP(=O)(O)OC1C(O)C(O)C(O)C(O)C1O. The first kappa shape index (κ1) is 32.9. The van der Waals surface area contributed by atoms with Crippen molar-refractivity contribution in [2.45, 2.75) is 114 Å². The molecule has 36 heavy (non-hydrogen) atoms. The lowest BCUT2D eigenvalue weighted by Crippen LogP contribution is -2.64. The van der Waals surface area contributed by atoms with Gasteiger partial charge in [0, 0.05) is 12.8 Å². The number of carbonyl (C=O) groups excluding carboxylic acids is 2. The van der Waals surface area contributed by atoms with E-state index in [9.17, 15) is 44.6 Å². The molecule has 0 aromatic heterocycles. The van der Waals surface area contributed by atoms with Crippen LogP contribution in [0.1, 0.15) is 71.6 Å². The van der Waals surface area contributed by atoms with Crippen LogP contribution in [0.3, 0.4) is 0 Å². The van der Waals surface area contributed by atoms with Gasteiger partial charge in [-0.25, -0.2) is 4.57 Å². The lowest BCUT2D eigenvalue weighted by atomic mass is 9.85. The van der Waals surface area contributed by atoms with Crippen molar-refractivity contribution in [1.82, 2.24) is 0 Å². The van der Waals surface area contributed by atoms with Gasteiger partial charge in [-0.2, -0.15) is 0 Å². The van der Waals surface area contributed by atoms with Gasteiger partial charge in [0.25, 0.3) is 0 Å². The van der Waals surface area contributed by atoms with Gasteiger partial charge in [0.2, 0.25) is 0 Å². The van der Waals surface area contributed by atoms with E-state index in [1.807, 2.05) is 6.92 Å². The summed E-state index contributed by atoms with van der Waals surface area (Å²) in [6.07, 6.45) is -7.07. The fraction of sp³-hybridized carbons (Fsp3) is 0.909. The van der Waals surface area contributed by atoms with Crippen LogP contribution in [0.2, 0.25) is 0 Å². The third kappa shape index (κ3) is 11.5. The molecule has 13 nitrogen and oxygen atoms in total. The van der Waals surface area contributed by atoms with Gasteiger partial charge in [0.15, 0.2) is 6.10 Å². The fourth-order valence-corrected chi connectivity index (χ4v) is 4.47. The first-order chi connectivity index (χ1) is 16.9. The Kier molecular flexibility index (Phi) is 15.2. The van der Waals surface area contributed by atoms with Crippen LogP contribution in [0.4, 0.5) is 0 Å². The molecule has 0 saturated heterocycles. The molecule has 6 unspecified atom stereocenters. The third-order valence-electron chi connectivity index (χ3n) is 5.70. The maximum absolute atomic E-state index is 12.4. The van der Waals surface area contributed by atoms with E-state index in [2.05, 4.69) is 6.92 Å². The maximum Gasteiger partial charge on any atom is 0.472 e. The number of phosphoric ester groups is 1. The van der Waals surface area contributed by atoms with Gasteiger partial charge in [0.05, 0.1) is 6.61 Å². The number of rotatable bonds is 17. The molecule has 0 amide bonds. The second-order valence-corrected chi connectivity index (χ2v) is 10.3. The van der Waals surface area contributed by atoms with Crippen molar-refractivity contribution in [3.05, 3.63) is 0 Å². The van der Waals surface area contributed by atoms with E-state index < -0.39 is 75.7 Å². The van der Waals surface area contributed by atoms with Crippen LogP contribution < -0.4 is 0 Å². The molecule has 0 heterocycles. The number of esters is 2. The summed E-state index contributed by atoms with van der Waals surface area (Å²) < 4.78 is 32.3. The Labute approximate surface area is 210 Å². The molecule has 6 atom stereocenters. The molecule has 0 aromatic carbocycles. The zero-order valence-corrected chi connectivity index (χ0v) is 21.7. The van der Waals surface area contributed by atoms with Crippen LogP contribution in [0.5, 0.6) is 0 Å². The molecule has 0 radical (unpaired) electrons. The lowest BCUT2D eigenvalue weighted by molar-refractivity contribution is -0.220. The van der Waals surface area contributed by atoms with Gasteiger partial charge in [0.1, 0.15) is 43.2 Å². The summed E-state index contributed by atoms with van der Waals surface area (Å²) in [5, 5.41) is 49.1. The van der Waals surface area contributed by atoms with E-state index in [-0.39, 0.29) is 12.8 Å². The van der Waals surface area contributed by atoms with Gasteiger partial charge >= 0.3 is 19.8 Å². The summed E-state index contributed by atoms with van der Waals surface area (Å²) in [4.78, 5) is 34.1. The highest BCUT2D eigenvalue weighted by molar-refractivity contribution is 7.47. The molecule has 6 N–H and O–H groups in total. The molecule has 1 saturated carbocycles. The Morgan fingerprint density at radius 2 is 1.28 bits per heavy atom. The predicted octanol–water partition coefficient (Wildman–Crippen LogP) is 0.312. The smallest absolute Gasteiger partial charge is 0.462 e.